The Balaban J connectivity index is 2.24. The summed E-state index contributed by atoms with van der Waals surface area (Å²) in [6.07, 6.45) is 4.99. The maximum absolute atomic E-state index is 10.9. The van der Waals surface area contributed by atoms with Crippen LogP contribution < -0.4 is 5.73 Å². The van der Waals surface area contributed by atoms with Crippen LogP contribution in [0.1, 0.15) is 37.7 Å². The molecule has 0 bridgehead atoms. The van der Waals surface area contributed by atoms with Crippen LogP contribution in [0, 0.1) is 0 Å². The molecule has 0 spiro atoms. The van der Waals surface area contributed by atoms with Crippen LogP contribution in [0.4, 0.5) is 0 Å². The van der Waals surface area contributed by atoms with Gasteiger partial charge < -0.3 is 10.8 Å². The maximum atomic E-state index is 10.9. The van der Waals surface area contributed by atoms with Gasteiger partial charge in [0, 0.05) is 0 Å². The van der Waals surface area contributed by atoms with Gasteiger partial charge in [-0.15, -0.1) is 0 Å². The molecule has 3 N–H and O–H groups in total. The highest BCUT2D eigenvalue weighted by Crippen LogP contribution is 2.44. The molecule has 0 radical (unpaired) electrons. The molecule has 1 aliphatic rings. The van der Waals surface area contributed by atoms with E-state index in [1.165, 1.54) is 18.4 Å². The minimum atomic E-state index is -0.896. The SMILES string of the molecule is NC(CC1(c2ccccc2)CCCC1)C(=O)O. The molecular formula is C14H19NO2. The highest BCUT2D eigenvalue weighted by atomic mass is 16.4. The first-order valence-corrected chi connectivity index (χ1v) is 6.18. The van der Waals surface area contributed by atoms with Crippen molar-refractivity contribution in [1.82, 2.24) is 0 Å². The van der Waals surface area contributed by atoms with Crippen molar-refractivity contribution in [2.75, 3.05) is 0 Å². The standard InChI is InChI=1S/C14H19NO2/c15-12(13(16)17)10-14(8-4-5-9-14)11-6-2-1-3-7-11/h1-3,6-7,12H,4-5,8-10,15H2,(H,16,17). The molecule has 1 saturated carbocycles. The number of hydrogen-bond acceptors (Lipinski definition) is 2. The zero-order valence-corrected chi connectivity index (χ0v) is 9.93. The Morgan fingerprint density at radius 3 is 2.41 bits per heavy atom. The Labute approximate surface area is 102 Å². The van der Waals surface area contributed by atoms with Crippen molar-refractivity contribution in [3.63, 3.8) is 0 Å². The van der Waals surface area contributed by atoms with Gasteiger partial charge in [0.1, 0.15) is 6.04 Å². The van der Waals surface area contributed by atoms with Gasteiger partial charge in [-0.1, -0.05) is 43.2 Å². The number of carbonyl (C=O) groups is 1. The predicted octanol–water partition coefficient (Wildman–Crippen LogP) is 2.30. The average molecular weight is 233 g/mol. The van der Waals surface area contributed by atoms with E-state index in [1.807, 2.05) is 18.2 Å². The van der Waals surface area contributed by atoms with Gasteiger partial charge in [0.15, 0.2) is 0 Å². The summed E-state index contributed by atoms with van der Waals surface area (Å²) in [5.74, 6) is -0.896. The van der Waals surface area contributed by atoms with Crippen molar-refractivity contribution in [3.05, 3.63) is 35.9 Å². The van der Waals surface area contributed by atoms with Crippen LogP contribution >= 0.6 is 0 Å². The fourth-order valence-electron chi connectivity index (χ4n) is 2.96. The van der Waals surface area contributed by atoms with E-state index in [-0.39, 0.29) is 5.41 Å². The van der Waals surface area contributed by atoms with Crippen LogP contribution in [0.15, 0.2) is 30.3 Å². The third-order valence-electron chi connectivity index (χ3n) is 3.87. The lowest BCUT2D eigenvalue weighted by Crippen LogP contribution is -2.38. The summed E-state index contributed by atoms with van der Waals surface area (Å²) in [6.45, 7) is 0. The summed E-state index contributed by atoms with van der Waals surface area (Å²) in [4.78, 5) is 10.9. The molecule has 0 saturated heterocycles. The molecule has 0 aliphatic heterocycles. The Kier molecular flexibility index (Phi) is 3.48. The van der Waals surface area contributed by atoms with Gasteiger partial charge in [0.05, 0.1) is 0 Å². The number of nitrogens with two attached hydrogens (primary N) is 1. The van der Waals surface area contributed by atoms with Crippen LogP contribution in [0.2, 0.25) is 0 Å². The zero-order valence-electron chi connectivity index (χ0n) is 9.93. The summed E-state index contributed by atoms with van der Waals surface area (Å²) in [5, 5.41) is 8.98. The Morgan fingerprint density at radius 1 is 1.29 bits per heavy atom. The highest BCUT2D eigenvalue weighted by Gasteiger charge is 2.38. The normalized spacial score (nSPS) is 20.1. The second-order valence-corrected chi connectivity index (χ2v) is 5.00. The zero-order chi connectivity index (χ0) is 12.3. The molecular weight excluding hydrogens is 214 g/mol. The van der Waals surface area contributed by atoms with Crippen molar-refractivity contribution in [2.45, 2.75) is 43.6 Å². The van der Waals surface area contributed by atoms with Crippen molar-refractivity contribution in [3.8, 4) is 0 Å². The second kappa shape index (κ2) is 4.88. The molecule has 1 fully saturated rings. The third kappa shape index (κ3) is 2.50. The maximum Gasteiger partial charge on any atom is 0.320 e. The minimum absolute atomic E-state index is 0.0148. The predicted molar refractivity (Wildman–Crippen MR) is 66.8 cm³/mol. The van der Waals surface area contributed by atoms with Gasteiger partial charge in [-0.2, -0.15) is 0 Å². The van der Waals surface area contributed by atoms with Crippen LogP contribution in [-0.2, 0) is 10.2 Å². The number of hydrogen-bond donors (Lipinski definition) is 2. The number of aliphatic carboxylic acids is 1. The smallest absolute Gasteiger partial charge is 0.320 e. The molecule has 1 atom stereocenters. The topological polar surface area (TPSA) is 63.3 Å². The van der Waals surface area contributed by atoms with E-state index in [1.54, 1.807) is 0 Å². The molecule has 17 heavy (non-hydrogen) atoms. The minimum Gasteiger partial charge on any atom is -0.480 e. The fourth-order valence-corrected chi connectivity index (χ4v) is 2.96. The molecule has 2 rings (SSSR count). The Bertz CT molecular complexity index is 382. The molecule has 1 unspecified atom stereocenters. The van der Waals surface area contributed by atoms with E-state index < -0.39 is 12.0 Å². The quantitative estimate of drug-likeness (QED) is 0.838. The Morgan fingerprint density at radius 2 is 1.88 bits per heavy atom. The first-order chi connectivity index (χ1) is 8.14. The lowest BCUT2D eigenvalue weighted by molar-refractivity contribution is -0.139. The number of carboxylic acids is 1. The molecule has 3 nitrogen and oxygen atoms in total. The number of rotatable bonds is 4. The van der Waals surface area contributed by atoms with Crippen molar-refractivity contribution in [1.29, 1.82) is 0 Å². The monoisotopic (exact) mass is 233 g/mol. The van der Waals surface area contributed by atoms with E-state index >= 15 is 0 Å². The van der Waals surface area contributed by atoms with Crippen LogP contribution in [-0.4, -0.2) is 17.1 Å². The van der Waals surface area contributed by atoms with Crippen LogP contribution in [0.25, 0.3) is 0 Å². The van der Waals surface area contributed by atoms with Crippen molar-refractivity contribution >= 4 is 5.97 Å². The highest BCUT2D eigenvalue weighted by molar-refractivity contribution is 5.73. The van der Waals surface area contributed by atoms with Gasteiger partial charge in [-0.05, 0) is 30.2 Å². The number of carboxylic acid groups (broad SMARTS) is 1. The number of benzene rings is 1. The van der Waals surface area contributed by atoms with Gasteiger partial charge in [0.2, 0.25) is 0 Å². The summed E-state index contributed by atoms with van der Waals surface area (Å²) >= 11 is 0. The molecule has 1 aromatic carbocycles. The second-order valence-electron chi connectivity index (χ2n) is 5.00. The molecule has 1 aliphatic carbocycles. The van der Waals surface area contributed by atoms with E-state index in [9.17, 15) is 4.79 Å². The van der Waals surface area contributed by atoms with E-state index in [4.69, 9.17) is 10.8 Å². The molecule has 0 heterocycles. The van der Waals surface area contributed by atoms with Gasteiger partial charge in [-0.25, -0.2) is 0 Å². The Hall–Kier alpha value is -1.35. The van der Waals surface area contributed by atoms with Gasteiger partial charge >= 0.3 is 5.97 Å². The van der Waals surface area contributed by atoms with E-state index in [0.717, 1.165) is 12.8 Å². The molecule has 0 aromatic heterocycles. The van der Waals surface area contributed by atoms with Gasteiger partial charge in [-0.3, -0.25) is 4.79 Å². The summed E-state index contributed by atoms with van der Waals surface area (Å²) in [7, 11) is 0. The van der Waals surface area contributed by atoms with E-state index in [2.05, 4.69) is 12.1 Å². The lowest BCUT2D eigenvalue weighted by Gasteiger charge is -2.31. The largest absolute Gasteiger partial charge is 0.480 e. The summed E-state index contributed by atoms with van der Waals surface area (Å²) in [5.41, 5.74) is 6.95. The van der Waals surface area contributed by atoms with Crippen molar-refractivity contribution in [2.24, 2.45) is 5.73 Å². The van der Waals surface area contributed by atoms with Crippen LogP contribution in [0.5, 0.6) is 0 Å². The van der Waals surface area contributed by atoms with E-state index in [0.29, 0.717) is 6.42 Å². The first kappa shape index (κ1) is 12.1. The average Bonchev–Trinajstić information content (AvgIpc) is 2.80. The summed E-state index contributed by atoms with van der Waals surface area (Å²) < 4.78 is 0. The molecule has 0 amide bonds. The van der Waals surface area contributed by atoms with Crippen molar-refractivity contribution < 1.29 is 9.90 Å². The molecule has 3 heteroatoms. The molecule has 1 aromatic rings. The van der Waals surface area contributed by atoms with Gasteiger partial charge in [0.25, 0.3) is 0 Å². The first-order valence-electron chi connectivity index (χ1n) is 6.18. The fraction of sp³-hybridized carbons (Fsp3) is 0.500. The van der Waals surface area contributed by atoms with Crippen LogP contribution in [0.3, 0.4) is 0 Å². The lowest BCUT2D eigenvalue weighted by atomic mass is 9.74. The summed E-state index contributed by atoms with van der Waals surface area (Å²) in [6, 6.07) is 9.46. The third-order valence-corrected chi connectivity index (χ3v) is 3.87. The molecule has 92 valence electrons.